The van der Waals surface area contributed by atoms with Gasteiger partial charge >= 0.3 is 0 Å². The molecule has 1 N–H and O–H groups in total. The molecule has 1 aromatic rings. The van der Waals surface area contributed by atoms with Crippen molar-refractivity contribution in [3.63, 3.8) is 0 Å². The summed E-state index contributed by atoms with van der Waals surface area (Å²) in [5.74, 6) is 0.723. The molecule has 0 aliphatic rings. The summed E-state index contributed by atoms with van der Waals surface area (Å²) in [6, 6.07) is 6.77. The van der Waals surface area contributed by atoms with Gasteiger partial charge in [0.15, 0.2) is 0 Å². The van der Waals surface area contributed by atoms with E-state index in [1.807, 2.05) is 6.07 Å². The summed E-state index contributed by atoms with van der Waals surface area (Å²) in [5, 5.41) is 13.9. The molecule has 0 saturated heterocycles. The van der Waals surface area contributed by atoms with Gasteiger partial charge in [0, 0.05) is 12.6 Å². The molecule has 4 nitrogen and oxygen atoms in total. The van der Waals surface area contributed by atoms with Gasteiger partial charge in [0.1, 0.15) is 5.69 Å². The average molecular weight is 236 g/mol. The Morgan fingerprint density at radius 3 is 2.65 bits per heavy atom. The summed E-state index contributed by atoms with van der Waals surface area (Å²) in [5.41, 5.74) is 0.762. The summed E-state index contributed by atoms with van der Waals surface area (Å²) in [7, 11) is 0. The highest BCUT2D eigenvalue weighted by atomic mass is 16.6. The van der Waals surface area contributed by atoms with Crippen molar-refractivity contribution in [2.24, 2.45) is 5.92 Å². The normalized spacial score (nSPS) is 10.5. The second-order valence-electron chi connectivity index (χ2n) is 4.59. The molecule has 17 heavy (non-hydrogen) atoms. The Balaban J connectivity index is 2.39. The first-order chi connectivity index (χ1) is 8.11. The maximum Gasteiger partial charge on any atom is 0.292 e. The monoisotopic (exact) mass is 236 g/mol. The van der Waals surface area contributed by atoms with E-state index in [9.17, 15) is 10.1 Å². The molecule has 0 aliphatic heterocycles. The number of nitrogens with one attached hydrogen (secondary N) is 1. The van der Waals surface area contributed by atoms with Crippen LogP contribution in [0.1, 0.15) is 33.1 Å². The number of unbranched alkanes of at least 4 members (excludes halogenated alkanes) is 1. The summed E-state index contributed by atoms with van der Waals surface area (Å²) < 4.78 is 0. The third-order valence-electron chi connectivity index (χ3n) is 2.62. The zero-order valence-corrected chi connectivity index (χ0v) is 10.5. The molecule has 4 heteroatoms. The van der Waals surface area contributed by atoms with Gasteiger partial charge in [-0.1, -0.05) is 38.8 Å². The van der Waals surface area contributed by atoms with Crippen LogP contribution >= 0.6 is 0 Å². The minimum atomic E-state index is -0.351. The third kappa shape index (κ3) is 4.85. The number of benzene rings is 1. The van der Waals surface area contributed by atoms with Crippen molar-refractivity contribution in [2.45, 2.75) is 33.1 Å². The fourth-order valence-electron chi connectivity index (χ4n) is 1.68. The van der Waals surface area contributed by atoms with E-state index in [4.69, 9.17) is 0 Å². The van der Waals surface area contributed by atoms with Gasteiger partial charge < -0.3 is 5.32 Å². The van der Waals surface area contributed by atoms with E-state index in [-0.39, 0.29) is 10.6 Å². The number of hydrogen-bond acceptors (Lipinski definition) is 3. The van der Waals surface area contributed by atoms with E-state index in [1.54, 1.807) is 12.1 Å². The molecule has 0 spiro atoms. The first-order valence-corrected chi connectivity index (χ1v) is 6.08. The van der Waals surface area contributed by atoms with Crippen LogP contribution in [0, 0.1) is 16.0 Å². The maximum atomic E-state index is 10.8. The van der Waals surface area contributed by atoms with Gasteiger partial charge in [0.25, 0.3) is 5.69 Å². The van der Waals surface area contributed by atoms with Crippen molar-refractivity contribution < 1.29 is 4.92 Å². The average Bonchev–Trinajstić information content (AvgIpc) is 2.28. The molecule has 0 heterocycles. The first kappa shape index (κ1) is 13.5. The van der Waals surface area contributed by atoms with E-state index in [2.05, 4.69) is 19.2 Å². The van der Waals surface area contributed by atoms with E-state index in [0.29, 0.717) is 5.69 Å². The minimum Gasteiger partial charge on any atom is -0.379 e. The fourth-order valence-corrected chi connectivity index (χ4v) is 1.68. The molecule has 0 unspecified atom stereocenters. The van der Waals surface area contributed by atoms with Crippen LogP contribution in [0.5, 0.6) is 0 Å². The Morgan fingerprint density at radius 1 is 1.29 bits per heavy atom. The van der Waals surface area contributed by atoms with Crippen LogP contribution < -0.4 is 5.32 Å². The Hall–Kier alpha value is -1.58. The van der Waals surface area contributed by atoms with E-state index >= 15 is 0 Å². The SMILES string of the molecule is CC(C)CCCCNc1ccccc1[N+](=O)[O-]. The maximum absolute atomic E-state index is 10.8. The largest absolute Gasteiger partial charge is 0.379 e. The summed E-state index contributed by atoms with van der Waals surface area (Å²) in [6.45, 7) is 5.20. The van der Waals surface area contributed by atoms with Gasteiger partial charge in [0.05, 0.1) is 4.92 Å². The van der Waals surface area contributed by atoms with Crippen LogP contribution in [0.2, 0.25) is 0 Å². The highest BCUT2D eigenvalue weighted by Crippen LogP contribution is 2.23. The van der Waals surface area contributed by atoms with Gasteiger partial charge in [-0.15, -0.1) is 0 Å². The van der Waals surface area contributed by atoms with Gasteiger partial charge in [-0.25, -0.2) is 0 Å². The number of nitrogens with zero attached hydrogens (tertiary/aromatic N) is 1. The Kier molecular flexibility index (Phi) is 5.46. The lowest BCUT2D eigenvalue weighted by molar-refractivity contribution is -0.384. The van der Waals surface area contributed by atoms with Gasteiger partial charge in [0.2, 0.25) is 0 Å². The van der Waals surface area contributed by atoms with Crippen LogP contribution in [0.4, 0.5) is 11.4 Å². The van der Waals surface area contributed by atoms with Crippen LogP contribution in [-0.4, -0.2) is 11.5 Å². The van der Waals surface area contributed by atoms with Gasteiger partial charge in [-0.2, -0.15) is 0 Å². The van der Waals surface area contributed by atoms with Crippen molar-refractivity contribution in [1.82, 2.24) is 0 Å². The van der Waals surface area contributed by atoms with E-state index in [1.165, 1.54) is 12.5 Å². The molecule has 0 saturated carbocycles. The molecule has 0 atom stereocenters. The Bertz CT molecular complexity index is 364. The lowest BCUT2D eigenvalue weighted by Crippen LogP contribution is -2.04. The summed E-state index contributed by atoms with van der Waals surface area (Å²) in [6.07, 6.45) is 3.41. The van der Waals surface area contributed by atoms with Crippen molar-refractivity contribution in [3.8, 4) is 0 Å². The fraction of sp³-hybridized carbons (Fsp3) is 0.538. The van der Waals surface area contributed by atoms with Crippen LogP contribution in [0.15, 0.2) is 24.3 Å². The standard InChI is InChI=1S/C13H20N2O2/c1-11(2)7-5-6-10-14-12-8-3-4-9-13(12)15(16)17/h3-4,8-9,11,14H,5-7,10H2,1-2H3. The molecule has 0 fully saturated rings. The second-order valence-corrected chi connectivity index (χ2v) is 4.59. The molecule has 1 rings (SSSR count). The Morgan fingerprint density at radius 2 is 2.00 bits per heavy atom. The second kappa shape index (κ2) is 6.89. The number of hydrogen-bond donors (Lipinski definition) is 1. The Labute approximate surface area is 102 Å². The topological polar surface area (TPSA) is 55.2 Å². The van der Waals surface area contributed by atoms with Crippen molar-refractivity contribution in [1.29, 1.82) is 0 Å². The molecule has 0 aliphatic carbocycles. The molecule has 0 amide bonds. The zero-order chi connectivity index (χ0) is 12.7. The third-order valence-corrected chi connectivity index (χ3v) is 2.62. The molecular weight excluding hydrogens is 216 g/mol. The highest BCUT2D eigenvalue weighted by molar-refractivity contribution is 5.60. The summed E-state index contributed by atoms with van der Waals surface area (Å²) in [4.78, 5) is 10.4. The highest BCUT2D eigenvalue weighted by Gasteiger charge is 2.10. The smallest absolute Gasteiger partial charge is 0.292 e. The lowest BCUT2D eigenvalue weighted by atomic mass is 10.1. The number of para-hydroxylation sites is 2. The van der Waals surface area contributed by atoms with E-state index in [0.717, 1.165) is 25.3 Å². The molecule has 94 valence electrons. The van der Waals surface area contributed by atoms with Crippen LogP contribution in [-0.2, 0) is 0 Å². The van der Waals surface area contributed by atoms with Crippen molar-refractivity contribution >= 4 is 11.4 Å². The lowest BCUT2D eigenvalue weighted by Gasteiger charge is -2.07. The molecule has 0 radical (unpaired) electrons. The number of nitro benzene ring substituents is 1. The quantitative estimate of drug-likeness (QED) is 0.444. The first-order valence-electron chi connectivity index (χ1n) is 6.08. The predicted octanol–water partition coefficient (Wildman–Crippen LogP) is 3.83. The van der Waals surface area contributed by atoms with Gasteiger partial charge in [-0.3, -0.25) is 10.1 Å². The van der Waals surface area contributed by atoms with Gasteiger partial charge in [-0.05, 0) is 18.4 Å². The summed E-state index contributed by atoms with van der Waals surface area (Å²) >= 11 is 0. The molecule has 1 aromatic carbocycles. The number of rotatable bonds is 7. The van der Waals surface area contributed by atoms with Crippen molar-refractivity contribution in [3.05, 3.63) is 34.4 Å². The predicted molar refractivity (Wildman–Crippen MR) is 70.3 cm³/mol. The number of anilines is 1. The number of nitro groups is 1. The molecule has 0 bridgehead atoms. The van der Waals surface area contributed by atoms with Crippen LogP contribution in [0.3, 0.4) is 0 Å². The molecular formula is C13H20N2O2. The zero-order valence-electron chi connectivity index (χ0n) is 10.5. The molecule has 0 aromatic heterocycles. The van der Waals surface area contributed by atoms with Crippen LogP contribution in [0.25, 0.3) is 0 Å². The minimum absolute atomic E-state index is 0.149. The van der Waals surface area contributed by atoms with Crippen molar-refractivity contribution in [2.75, 3.05) is 11.9 Å². The van der Waals surface area contributed by atoms with E-state index < -0.39 is 0 Å².